The monoisotopic (exact) mass is 309 g/mol. The van der Waals surface area contributed by atoms with Crippen molar-refractivity contribution in [2.75, 3.05) is 26.8 Å². The van der Waals surface area contributed by atoms with Crippen LogP contribution in [-0.2, 0) is 9.53 Å². The maximum absolute atomic E-state index is 13.1. The van der Waals surface area contributed by atoms with Crippen molar-refractivity contribution in [3.05, 3.63) is 0 Å². The predicted octanol–water partition coefficient (Wildman–Crippen LogP) is 1.21. The van der Waals surface area contributed by atoms with Gasteiger partial charge in [0.15, 0.2) is 0 Å². The zero-order valence-corrected chi connectivity index (χ0v) is 13.8. The number of rotatable bonds is 4. The molecular formula is C16H27N3O3. The number of amides is 3. The number of imide groups is 1. The Labute approximate surface area is 132 Å². The van der Waals surface area contributed by atoms with Gasteiger partial charge in [0, 0.05) is 19.2 Å². The fraction of sp³-hybridized carbons (Fsp3) is 0.875. The number of methoxy groups -OCH3 is 1. The van der Waals surface area contributed by atoms with Crippen LogP contribution in [0.2, 0.25) is 0 Å². The molecule has 3 amide bonds. The van der Waals surface area contributed by atoms with Crippen LogP contribution in [0.5, 0.6) is 0 Å². The number of hydrogen-bond acceptors (Lipinski definition) is 4. The fourth-order valence-corrected chi connectivity index (χ4v) is 4.60. The summed E-state index contributed by atoms with van der Waals surface area (Å²) in [6.45, 7) is 5.77. The van der Waals surface area contributed by atoms with Gasteiger partial charge in [-0.25, -0.2) is 4.79 Å². The minimum atomic E-state index is -0.633. The Kier molecular flexibility index (Phi) is 4.16. The van der Waals surface area contributed by atoms with Gasteiger partial charge in [-0.05, 0) is 52.0 Å². The third kappa shape index (κ3) is 2.24. The van der Waals surface area contributed by atoms with E-state index < -0.39 is 5.54 Å². The molecule has 22 heavy (non-hydrogen) atoms. The molecule has 0 radical (unpaired) electrons. The van der Waals surface area contributed by atoms with Crippen LogP contribution in [-0.4, -0.2) is 66.2 Å². The summed E-state index contributed by atoms with van der Waals surface area (Å²) in [5, 5.41) is 3.55. The van der Waals surface area contributed by atoms with E-state index in [0.29, 0.717) is 25.1 Å². The third-order valence-electron chi connectivity index (χ3n) is 5.46. The van der Waals surface area contributed by atoms with Crippen LogP contribution in [0.1, 0.15) is 39.5 Å². The van der Waals surface area contributed by atoms with Gasteiger partial charge < -0.3 is 15.0 Å². The highest BCUT2D eigenvalue weighted by Crippen LogP contribution is 2.47. The van der Waals surface area contributed by atoms with Crippen molar-refractivity contribution in [3.63, 3.8) is 0 Å². The second-order valence-corrected chi connectivity index (χ2v) is 7.10. The largest absolute Gasteiger partial charge is 0.383 e. The van der Waals surface area contributed by atoms with Crippen molar-refractivity contribution < 1.29 is 14.3 Å². The summed E-state index contributed by atoms with van der Waals surface area (Å²) in [5.74, 6) is 0.494. The second-order valence-electron chi connectivity index (χ2n) is 7.10. The van der Waals surface area contributed by atoms with E-state index in [1.54, 1.807) is 7.11 Å². The van der Waals surface area contributed by atoms with Crippen LogP contribution in [0.3, 0.4) is 0 Å². The molecule has 2 aliphatic heterocycles. The van der Waals surface area contributed by atoms with Crippen molar-refractivity contribution >= 4 is 11.9 Å². The zero-order chi connectivity index (χ0) is 15.9. The molecule has 1 N–H and O–H groups in total. The number of piperidine rings is 1. The molecule has 0 aromatic carbocycles. The Hall–Kier alpha value is -1.14. The minimum absolute atomic E-state index is 0.0144. The SMILES string of the molecule is COCCN1C(=O)N(C(C)C)C2(CC3CCCNC3C2)C1=O. The fourth-order valence-electron chi connectivity index (χ4n) is 4.60. The number of fused-ring (bicyclic) bond motifs is 1. The quantitative estimate of drug-likeness (QED) is 0.793. The summed E-state index contributed by atoms with van der Waals surface area (Å²) in [5.41, 5.74) is -0.633. The van der Waals surface area contributed by atoms with Crippen molar-refractivity contribution in [2.24, 2.45) is 5.92 Å². The number of urea groups is 1. The number of carbonyl (C=O) groups excluding carboxylic acids is 2. The first-order valence-corrected chi connectivity index (χ1v) is 8.39. The van der Waals surface area contributed by atoms with Crippen LogP contribution < -0.4 is 5.32 Å². The molecule has 6 nitrogen and oxygen atoms in total. The van der Waals surface area contributed by atoms with Gasteiger partial charge in [0.1, 0.15) is 5.54 Å². The van der Waals surface area contributed by atoms with E-state index in [-0.39, 0.29) is 18.0 Å². The number of hydrogen-bond donors (Lipinski definition) is 1. The van der Waals surface area contributed by atoms with Gasteiger partial charge in [-0.15, -0.1) is 0 Å². The summed E-state index contributed by atoms with van der Waals surface area (Å²) < 4.78 is 5.06. The molecule has 0 aromatic rings. The Morgan fingerprint density at radius 2 is 2.14 bits per heavy atom. The van der Waals surface area contributed by atoms with E-state index in [4.69, 9.17) is 4.74 Å². The molecule has 1 spiro atoms. The number of carbonyl (C=O) groups is 2. The third-order valence-corrected chi connectivity index (χ3v) is 5.46. The summed E-state index contributed by atoms with van der Waals surface area (Å²) in [7, 11) is 1.59. The zero-order valence-electron chi connectivity index (χ0n) is 13.8. The Balaban J connectivity index is 1.90. The number of ether oxygens (including phenoxy) is 1. The molecule has 2 saturated heterocycles. The molecule has 0 bridgehead atoms. The summed E-state index contributed by atoms with van der Waals surface area (Å²) in [6, 6.07) is 0.258. The predicted molar refractivity (Wildman–Crippen MR) is 82.4 cm³/mol. The molecule has 124 valence electrons. The molecule has 3 unspecified atom stereocenters. The molecular weight excluding hydrogens is 282 g/mol. The highest BCUT2D eigenvalue weighted by atomic mass is 16.5. The van der Waals surface area contributed by atoms with Gasteiger partial charge in [0.05, 0.1) is 13.2 Å². The van der Waals surface area contributed by atoms with Gasteiger partial charge in [-0.3, -0.25) is 9.69 Å². The topological polar surface area (TPSA) is 61.9 Å². The van der Waals surface area contributed by atoms with Crippen LogP contribution in [0, 0.1) is 5.92 Å². The van der Waals surface area contributed by atoms with Crippen molar-refractivity contribution in [3.8, 4) is 0 Å². The van der Waals surface area contributed by atoms with Gasteiger partial charge in [-0.1, -0.05) is 0 Å². The van der Waals surface area contributed by atoms with Crippen molar-refractivity contribution in [2.45, 2.75) is 57.2 Å². The van der Waals surface area contributed by atoms with E-state index in [0.717, 1.165) is 32.2 Å². The molecule has 1 saturated carbocycles. The maximum Gasteiger partial charge on any atom is 0.327 e. The minimum Gasteiger partial charge on any atom is -0.383 e. The first-order chi connectivity index (χ1) is 10.5. The highest BCUT2D eigenvalue weighted by molar-refractivity contribution is 6.07. The molecule has 0 aromatic heterocycles. The van der Waals surface area contributed by atoms with E-state index in [9.17, 15) is 9.59 Å². The van der Waals surface area contributed by atoms with Crippen LogP contribution in [0.15, 0.2) is 0 Å². The maximum atomic E-state index is 13.1. The van der Waals surface area contributed by atoms with Crippen LogP contribution in [0.25, 0.3) is 0 Å². The summed E-state index contributed by atoms with van der Waals surface area (Å²) in [4.78, 5) is 29.1. The van der Waals surface area contributed by atoms with Crippen molar-refractivity contribution in [1.29, 1.82) is 0 Å². The average molecular weight is 309 g/mol. The average Bonchev–Trinajstić information content (AvgIpc) is 2.94. The molecule has 3 fully saturated rings. The number of nitrogens with zero attached hydrogens (tertiary/aromatic N) is 2. The highest BCUT2D eigenvalue weighted by Gasteiger charge is 2.63. The molecule has 2 heterocycles. The van der Waals surface area contributed by atoms with Gasteiger partial charge in [0.2, 0.25) is 0 Å². The van der Waals surface area contributed by atoms with E-state index in [1.165, 1.54) is 4.90 Å². The smallest absolute Gasteiger partial charge is 0.327 e. The first-order valence-electron chi connectivity index (χ1n) is 8.39. The van der Waals surface area contributed by atoms with E-state index in [2.05, 4.69) is 5.32 Å². The van der Waals surface area contributed by atoms with E-state index in [1.807, 2.05) is 18.7 Å². The lowest BCUT2D eigenvalue weighted by molar-refractivity contribution is -0.134. The van der Waals surface area contributed by atoms with Crippen LogP contribution in [0.4, 0.5) is 4.79 Å². The summed E-state index contributed by atoms with van der Waals surface area (Å²) in [6.07, 6.45) is 3.88. The lowest BCUT2D eigenvalue weighted by atomic mass is 9.91. The van der Waals surface area contributed by atoms with Gasteiger partial charge >= 0.3 is 6.03 Å². The standard InChI is InChI=1S/C16H27N3O3/c1-11(2)19-15(21)18(7-8-22-3)14(20)16(19)9-12-5-4-6-17-13(12)10-16/h11-13,17H,4-10H2,1-3H3. The lowest BCUT2D eigenvalue weighted by Crippen LogP contribution is -2.51. The first kappa shape index (κ1) is 15.7. The second kappa shape index (κ2) is 5.81. The molecule has 3 aliphatic rings. The Morgan fingerprint density at radius 3 is 2.77 bits per heavy atom. The molecule has 1 aliphatic carbocycles. The lowest BCUT2D eigenvalue weighted by Gasteiger charge is -2.34. The van der Waals surface area contributed by atoms with Crippen molar-refractivity contribution in [1.82, 2.24) is 15.1 Å². The van der Waals surface area contributed by atoms with Crippen LogP contribution >= 0.6 is 0 Å². The Morgan fingerprint density at radius 1 is 1.36 bits per heavy atom. The molecule has 3 rings (SSSR count). The molecule has 6 heteroatoms. The van der Waals surface area contributed by atoms with Gasteiger partial charge in [0.25, 0.3) is 5.91 Å². The Bertz CT molecular complexity index is 452. The number of nitrogens with one attached hydrogen (secondary N) is 1. The summed E-state index contributed by atoms with van der Waals surface area (Å²) >= 11 is 0. The normalized spacial score (nSPS) is 35.1. The molecule has 3 atom stereocenters. The van der Waals surface area contributed by atoms with Gasteiger partial charge in [-0.2, -0.15) is 0 Å². The van der Waals surface area contributed by atoms with E-state index >= 15 is 0 Å².